The molecule has 0 aliphatic carbocycles. The lowest BCUT2D eigenvalue weighted by Crippen LogP contribution is -2.47. The Morgan fingerprint density at radius 1 is 1.31 bits per heavy atom. The topological polar surface area (TPSA) is 97.0 Å². The van der Waals surface area contributed by atoms with Crippen LogP contribution in [0.1, 0.15) is 30.3 Å². The minimum absolute atomic E-state index is 0.165. The highest BCUT2D eigenvalue weighted by molar-refractivity contribution is 7.10. The Labute approximate surface area is 171 Å². The number of hydrogen-bond donors (Lipinski definition) is 2. The third kappa shape index (κ3) is 3.77. The quantitative estimate of drug-likeness (QED) is 0.705. The number of thiophene rings is 1. The molecule has 4 rings (SSSR count). The van der Waals surface area contributed by atoms with E-state index >= 15 is 0 Å². The first-order valence-electron chi connectivity index (χ1n) is 9.21. The van der Waals surface area contributed by atoms with E-state index in [0.717, 1.165) is 15.3 Å². The van der Waals surface area contributed by atoms with Crippen molar-refractivity contribution >= 4 is 29.2 Å². The molecule has 1 saturated heterocycles. The van der Waals surface area contributed by atoms with Crippen LogP contribution in [-0.2, 0) is 16.0 Å². The summed E-state index contributed by atoms with van der Waals surface area (Å²) >= 11 is 1.53. The van der Waals surface area contributed by atoms with Gasteiger partial charge in [-0.3, -0.25) is 14.5 Å². The smallest absolute Gasteiger partial charge is 0.325 e. The third-order valence-electron chi connectivity index (χ3n) is 4.99. The van der Waals surface area contributed by atoms with Crippen LogP contribution in [0.25, 0.3) is 0 Å². The predicted octanol–water partition coefficient (Wildman–Crippen LogP) is 2.21. The summed E-state index contributed by atoms with van der Waals surface area (Å²) in [5, 5.41) is 7.47. The first kappa shape index (κ1) is 19.3. The van der Waals surface area contributed by atoms with Gasteiger partial charge in [0.25, 0.3) is 5.91 Å². The molecule has 0 spiro atoms. The van der Waals surface area contributed by atoms with Gasteiger partial charge in [0, 0.05) is 11.3 Å². The zero-order valence-corrected chi connectivity index (χ0v) is 16.9. The van der Waals surface area contributed by atoms with E-state index in [2.05, 4.69) is 10.6 Å². The lowest BCUT2D eigenvalue weighted by atomic mass is 9.92. The highest BCUT2D eigenvalue weighted by Crippen LogP contribution is 2.34. The van der Waals surface area contributed by atoms with Gasteiger partial charge in [-0.15, -0.1) is 11.3 Å². The molecule has 29 heavy (non-hydrogen) atoms. The molecule has 2 aromatic rings. The zero-order chi connectivity index (χ0) is 20.6. The minimum atomic E-state index is -1.13. The van der Waals surface area contributed by atoms with Gasteiger partial charge in [0.05, 0.1) is 6.04 Å². The Bertz CT molecular complexity index is 961. The summed E-state index contributed by atoms with van der Waals surface area (Å²) in [4.78, 5) is 39.7. The van der Waals surface area contributed by atoms with E-state index in [1.807, 2.05) is 30.5 Å². The number of hydrogen-bond acceptors (Lipinski definition) is 6. The average molecular weight is 415 g/mol. The molecular weight excluding hydrogens is 394 g/mol. The first-order valence-corrected chi connectivity index (χ1v) is 10.1. The summed E-state index contributed by atoms with van der Waals surface area (Å²) < 4.78 is 10.7. The molecule has 0 saturated carbocycles. The molecule has 1 aromatic heterocycles. The van der Waals surface area contributed by atoms with E-state index in [1.165, 1.54) is 11.3 Å². The highest BCUT2D eigenvalue weighted by atomic mass is 32.1. The molecule has 0 unspecified atom stereocenters. The molecule has 2 aliphatic heterocycles. The van der Waals surface area contributed by atoms with Crippen LogP contribution in [0.15, 0.2) is 35.7 Å². The van der Waals surface area contributed by atoms with Crippen molar-refractivity contribution in [3.05, 3.63) is 46.2 Å². The van der Waals surface area contributed by atoms with Crippen molar-refractivity contribution in [3.63, 3.8) is 0 Å². The van der Waals surface area contributed by atoms with Crippen LogP contribution in [0.3, 0.4) is 0 Å². The van der Waals surface area contributed by atoms with Crippen molar-refractivity contribution in [2.24, 2.45) is 0 Å². The van der Waals surface area contributed by atoms with Gasteiger partial charge in [0.2, 0.25) is 12.7 Å². The predicted molar refractivity (Wildman–Crippen MR) is 106 cm³/mol. The van der Waals surface area contributed by atoms with Gasteiger partial charge in [-0.1, -0.05) is 12.1 Å². The number of rotatable bonds is 6. The largest absolute Gasteiger partial charge is 0.454 e. The van der Waals surface area contributed by atoms with Crippen molar-refractivity contribution in [2.45, 2.75) is 31.8 Å². The summed E-state index contributed by atoms with van der Waals surface area (Å²) in [6, 6.07) is 8.47. The van der Waals surface area contributed by atoms with Gasteiger partial charge in [-0.2, -0.15) is 0 Å². The molecule has 1 aromatic carbocycles. The SMILES string of the molecule is C[C@H](NC(=O)CN1C(=O)N[C@@](C)(Cc2ccc3c(c2)OCO3)C1=O)c1cccs1. The number of benzene rings is 1. The molecule has 4 amide bonds. The molecule has 2 atom stereocenters. The second kappa shape index (κ2) is 7.40. The fourth-order valence-electron chi connectivity index (χ4n) is 3.51. The van der Waals surface area contributed by atoms with Crippen LogP contribution in [-0.4, -0.2) is 41.6 Å². The Morgan fingerprint density at radius 3 is 2.86 bits per heavy atom. The number of nitrogens with zero attached hydrogens (tertiary/aromatic N) is 1. The van der Waals surface area contributed by atoms with E-state index in [0.29, 0.717) is 11.5 Å². The molecular formula is C20H21N3O5S. The van der Waals surface area contributed by atoms with E-state index in [1.54, 1.807) is 19.1 Å². The Kier molecular flexibility index (Phi) is 4.91. The van der Waals surface area contributed by atoms with E-state index in [9.17, 15) is 14.4 Å². The van der Waals surface area contributed by atoms with Gasteiger partial charge in [-0.05, 0) is 43.0 Å². The summed E-state index contributed by atoms with van der Waals surface area (Å²) in [6.07, 6.45) is 0.276. The number of imide groups is 1. The molecule has 2 N–H and O–H groups in total. The van der Waals surface area contributed by atoms with Gasteiger partial charge < -0.3 is 20.1 Å². The van der Waals surface area contributed by atoms with Crippen LogP contribution >= 0.6 is 11.3 Å². The standard InChI is InChI=1S/C20H21N3O5S/c1-12(16-4-3-7-29-16)21-17(24)10-23-18(25)20(2,22-19(23)26)9-13-5-6-14-15(8-13)28-11-27-14/h3-8,12H,9-11H2,1-2H3,(H,21,24)(H,22,26)/t12-,20-/m0/s1. The second-order valence-corrected chi connectivity index (χ2v) is 8.30. The van der Waals surface area contributed by atoms with E-state index in [-0.39, 0.29) is 31.7 Å². The van der Waals surface area contributed by atoms with Crippen LogP contribution < -0.4 is 20.1 Å². The zero-order valence-electron chi connectivity index (χ0n) is 16.1. The molecule has 2 aliphatic rings. The Balaban J connectivity index is 1.41. The number of fused-ring (bicyclic) bond motifs is 1. The number of ether oxygens (including phenoxy) is 2. The van der Waals surface area contributed by atoms with Crippen LogP contribution in [0.4, 0.5) is 4.79 Å². The van der Waals surface area contributed by atoms with Gasteiger partial charge >= 0.3 is 6.03 Å². The number of carbonyl (C=O) groups excluding carboxylic acids is 3. The lowest BCUT2D eigenvalue weighted by Gasteiger charge is -2.22. The molecule has 0 radical (unpaired) electrons. The number of nitrogens with one attached hydrogen (secondary N) is 2. The minimum Gasteiger partial charge on any atom is -0.454 e. The lowest BCUT2D eigenvalue weighted by molar-refractivity contribution is -0.134. The molecule has 9 heteroatoms. The third-order valence-corrected chi connectivity index (χ3v) is 6.04. The van der Waals surface area contributed by atoms with E-state index < -0.39 is 17.5 Å². The summed E-state index contributed by atoms with van der Waals surface area (Å²) in [7, 11) is 0. The maximum Gasteiger partial charge on any atom is 0.325 e. The van der Waals surface area contributed by atoms with Crippen molar-refractivity contribution in [1.82, 2.24) is 15.5 Å². The van der Waals surface area contributed by atoms with Crippen LogP contribution in [0, 0.1) is 0 Å². The van der Waals surface area contributed by atoms with Crippen molar-refractivity contribution < 1.29 is 23.9 Å². The molecule has 8 nitrogen and oxygen atoms in total. The monoisotopic (exact) mass is 415 g/mol. The second-order valence-electron chi connectivity index (χ2n) is 7.32. The number of carbonyl (C=O) groups is 3. The molecule has 1 fully saturated rings. The van der Waals surface area contributed by atoms with Crippen LogP contribution in [0.5, 0.6) is 11.5 Å². The van der Waals surface area contributed by atoms with Crippen molar-refractivity contribution in [2.75, 3.05) is 13.3 Å². The molecule has 152 valence electrons. The summed E-state index contributed by atoms with van der Waals surface area (Å²) in [6.45, 7) is 3.36. The van der Waals surface area contributed by atoms with Gasteiger partial charge in [-0.25, -0.2) is 4.79 Å². The Morgan fingerprint density at radius 2 is 2.10 bits per heavy atom. The van der Waals surface area contributed by atoms with Gasteiger partial charge in [0.15, 0.2) is 11.5 Å². The number of urea groups is 1. The summed E-state index contributed by atoms with van der Waals surface area (Å²) in [5.41, 5.74) is -0.312. The van der Waals surface area contributed by atoms with Crippen LogP contribution in [0.2, 0.25) is 0 Å². The van der Waals surface area contributed by atoms with Gasteiger partial charge in [0.1, 0.15) is 12.1 Å². The average Bonchev–Trinajstić information content (AvgIpc) is 3.39. The number of amides is 4. The summed E-state index contributed by atoms with van der Waals surface area (Å²) in [5.74, 6) is 0.446. The highest BCUT2D eigenvalue weighted by Gasteiger charge is 2.48. The van der Waals surface area contributed by atoms with E-state index in [4.69, 9.17) is 9.47 Å². The van der Waals surface area contributed by atoms with Crippen molar-refractivity contribution in [1.29, 1.82) is 0 Å². The molecule has 3 heterocycles. The maximum atomic E-state index is 12.9. The van der Waals surface area contributed by atoms with Crippen molar-refractivity contribution in [3.8, 4) is 11.5 Å². The Hall–Kier alpha value is -3.07. The maximum absolute atomic E-state index is 12.9. The first-order chi connectivity index (χ1) is 13.9. The fraction of sp³-hybridized carbons (Fsp3) is 0.350. The fourth-order valence-corrected chi connectivity index (χ4v) is 4.24. The normalized spacial score (nSPS) is 21.2. The molecule has 0 bridgehead atoms.